The van der Waals surface area contributed by atoms with Crippen molar-refractivity contribution in [2.24, 2.45) is 0 Å². The van der Waals surface area contributed by atoms with Crippen LogP contribution in [0.1, 0.15) is 18.1 Å². The quantitative estimate of drug-likeness (QED) is 0.105. The Morgan fingerprint density at radius 2 is 1.57 bits per heavy atom. The highest BCUT2D eigenvalue weighted by Gasteiger charge is 2.48. The molecule has 14 heteroatoms. The van der Waals surface area contributed by atoms with Gasteiger partial charge in [0.2, 0.25) is 0 Å². The number of benzene rings is 2. The Morgan fingerprint density at radius 1 is 0.881 bits per heavy atom. The molecule has 9 atom stereocenters. The minimum absolute atomic E-state index is 0.00412. The Morgan fingerprint density at radius 3 is 2.26 bits per heavy atom. The van der Waals surface area contributed by atoms with E-state index in [0.717, 1.165) is 6.08 Å². The largest absolute Gasteiger partial charge is 0.504 e. The van der Waals surface area contributed by atoms with E-state index in [1.807, 2.05) is 0 Å². The average molecular weight is 595 g/mol. The molecule has 0 aliphatic carbocycles. The minimum atomic E-state index is -1.65. The van der Waals surface area contributed by atoms with Gasteiger partial charge in [-0.05, 0) is 54.8 Å². The summed E-state index contributed by atoms with van der Waals surface area (Å²) in [5, 5.41) is 79.8. The van der Waals surface area contributed by atoms with Crippen LogP contribution in [-0.2, 0) is 34.9 Å². The molecule has 2 aliphatic heterocycles. The van der Waals surface area contributed by atoms with Gasteiger partial charge in [0.1, 0.15) is 30.5 Å². The van der Waals surface area contributed by atoms with Crippen LogP contribution in [0.5, 0.6) is 23.0 Å². The number of rotatable bonds is 9. The average Bonchev–Trinajstić information content (AvgIpc) is 2.96. The lowest BCUT2D eigenvalue weighted by Crippen LogP contribution is -2.61. The summed E-state index contributed by atoms with van der Waals surface area (Å²) < 4.78 is 28.0. The maximum absolute atomic E-state index is 12.7. The van der Waals surface area contributed by atoms with Gasteiger partial charge in [0, 0.05) is 6.08 Å². The van der Waals surface area contributed by atoms with E-state index < -0.39 is 67.0 Å². The maximum atomic E-state index is 12.7. The number of aliphatic hydroxyl groups excluding tert-OH is 4. The molecule has 2 fully saturated rings. The molecule has 14 nitrogen and oxygen atoms in total. The molecule has 2 saturated heterocycles. The van der Waals surface area contributed by atoms with E-state index in [9.17, 15) is 45.6 Å². The first kappa shape index (κ1) is 31.5. The van der Waals surface area contributed by atoms with Crippen LogP contribution >= 0.6 is 0 Å². The number of hydrogen-bond acceptors (Lipinski definition) is 14. The van der Waals surface area contributed by atoms with Crippen molar-refractivity contribution in [2.45, 2.75) is 68.7 Å². The molecule has 230 valence electrons. The van der Waals surface area contributed by atoms with Gasteiger partial charge in [0.25, 0.3) is 0 Å². The summed E-state index contributed by atoms with van der Waals surface area (Å²) in [7, 11) is 0. The molecule has 0 unspecified atom stereocenters. The van der Waals surface area contributed by atoms with Gasteiger partial charge in [-0.1, -0.05) is 12.1 Å². The number of esters is 1. The van der Waals surface area contributed by atoms with Crippen LogP contribution in [0.4, 0.5) is 0 Å². The van der Waals surface area contributed by atoms with Gasteiger partial charge in [0.05, 0.1) is 19.3 Å². The van der Waals surface area contributed by atoms with Crippen LogP contribution in [0, 0.1) is 0 Å². The second-order valence-corrected chi connectivity index (χ2v) is 9.98. The summed E-state index contributed by atoms with van der Waals surface area (Å²) >= 11 is 0. The van der Waals surface area contributed by atoms with Crippen molar-refractivity contribution in [1.82, 2.24) is 0 Å². The van der Waals surface area contributed by atoms with Gasteiger partial charge in [-0.15, -0.1) is 0 Å². The molecule has 2 aromatic carbocycles. The fraction of sp³-hybridized carbons (Fsp3) is 0.464. The lowest BCUT2D eigenvalue weighted by molar-refractivity contribution is -0.339. The van der Waals surface area contributed by atoms with E-state index in [2.05, 4.69) is 0 Å². The Kier molecular flexibility index (Phi) is 10.2. The van der Waals surface area contributed by atoms with Crippen LogP contribution in [-0.4, -0.2) is 115 Å². The van der Waals surface area contributed by atoms with Gasteiger partial charge in [0.15, 0.2) is 41.7 Å². The highest BCUT2D eigenvalue weighted by Crippen LogP contribution is 2.29. The second kappa shape index (κ2) is 13.7. The Labute approximate surface area is 240 Å². The summed E-state index contributed by atoms with van der Waals surface area (Å²) in [5.74, 6) is -2.24. The fourth-order valence-corrected chi connectivity index (χ4v) is 4.44. The molecular weight excluding hydrogens is 560 g/mol. The number of phenolic OH excluding ortho intramolecular Hbond substituents is 4. The van der Waals surface area contributed by atoms with Crippen LogP contribution in [0.15, 0.2) is 42.5 Å². The zero-order chi connectivity index (χ0) is 30.6. The van der Waals surface area contributed by atoms with E-state index in [4.69, 9.17) is 23.7 Å². The molecule has 2 aliphatic rings. The van der Waals surface area contributed by atoms with Crippen molar-refractivity contribution in [3.8, 4) is 23.0 Å². The smallest absolute Gasteiger partial charge is 0.331 e. The molecule has 0 amide bonds. The van der Waals surface area contributed by atoms with E-state index in [1.54, 1.807) is 6.07 Å². The Hall–Kier alpha value is -3.47. The molecule has 0 saturated carbocycles. The number of phenols is 4. The fourth-order valence-electron chi connectivity index (χ4n) is 4.44. The summed E-state index contributed by atoms with van der Waals surface area (Å²) in [6.07, 6.45) is -9.85. The standard InChI is InChI=1S/C28H34O14/c1-13-22(34)24(36)25(37)27(40-13)41-20-12-39-28(38-9-8-15-3-6-17(30)19(32)11-15)26(23(20)35)42-21(33)7-4-14-2-5-16(29)18(31)10-14/h2-7,10-11,13,20,22-32,34-37H,8-9,12H2,1H3/b7-4+/t13-,20+,22-,23+,24+,25+,26-,27-,28-/m1/s1. The van der Waals surface area contributed by atoms with Crippen LogP contribution < -0.4 is 0 Å². The van der Waals surface area contributed by atoms with Crippen molar-refractivity contribution in [2.75, 3.05) is 13.2 Å². The molecular formula is C28H34O14. The van der Waals surface area contributed by atoms with E-state index in [1.165, 1.54) is 43.3 Å². The summed E-state index contributed by atoms with van der Waals surface area (Å²) in [6, 6.07) is 8.13. The SMILES string of the molecule is C[C@H]1O[C@H](O[C@H]2CO[C@@H](OCCc3ccc(O)c(O)c3)[C@H](OC(=O)/C=C/c3ccc(O)c(O)c3)[C@H]2O)[C@@H](O)[C@@H](O)[C@@H]1O. The summed E-state index contributed by atoms with van der Waals surface area (Å²) in [5.41, 5.74) is 0.988. The predicted molar refractivity (Wildman–Crippen MR) is 141 cm³/mol. The lowest BCUT2D eigenvalue weighted by atomic mass is 9.99. The molecule has 8 N–H and O–H groups in total. The topological polar surface area (TPSA) is 225 Å². The molecule has 2 heterocycles. The first-order chi connectivity index (χ1) is 19.9. The summed E-state index contributed by atoms with van der Waals surface area (Å²) in [6.45, 7) is 1.17. The van der Waals surface area contributed by atoms with Crippen molar-refractivity contribution in [1.29, 1.82) is 0 Å². The van der Waals surface area contributed by atoms with Gasteiger partial charge >= 0.3 is 5.97 Å². The van der Waals surface area contributed by atoms with Gasteiger partial charge in [-0.25, -0.2) is 4.79 Å². The molecule has 0 bridgehead atoms. The summed E-state index contributed by atoms with van der Waals surface area (Å²) in [4.78, 5) is 12.7. The Bertz CT molecular complexity index is 1250. The third-order valence-corrected chi connectivity index (χ3v) is 6.90. The number of carbonyl (C=O) groups excluding carboxylic acids is 1. The third kappa shape index (κ3) is 7.48. The lowest BCUT2D eigenvalue weighted by Gasteiger charge is -2.43. The van der Waals surface area contributed by atoms with Crippen molar-refractivity contribution in [3.63, 3.8) is 0 Å². The minimum Gasteiger partial charge on any atom is -0.504 e. The van der Waals surface area contributed by atoms with Gasteiger partial charge < -0.3 is 64.5 Å². The molecule has 4 rings (SSSR count). The first-order valence-electron chi connectivity index (χ1n) is 13.1. The maximum Gasteiger partial charge on any atom is 0.331 e. The number of ether oxygens (including phenoxy) is 5. The second-order valence-electron chi connectivity index (χ2n) is 9.98. The van der Waals surface area contributed by atoms with E-state index in [0.29, 0.717) is 11.1 Å². The number of aromatic hydroxyl groups is 4. The monoisotopic (exact) mass is 594 g/mol. The predicted octanol–water partition coefficient (Wildman–Crippen LogP) is -0.377. The molecule has 0 aromatic heterocycles. The van der Waals surface area contributed by atoms with Crippen LogP contribution in [0.2, 0.25) is 0 Å². The van der Waals surface area contributed by atoms with Gasteiger partial charge in [-0.3, -0.25) is 0 Å². The molecule has 0 radical (unpaired) electrons. The van der Waals surface area contributed by atoms with Gasteiger partial charge in [-0.2, -0.15) is 0 Å². The molecule has 42 heavy (non-hydrogen) atoms. The first-order valence-corrected chi connectivity index (χ1v) is 13.1. The number of aliphatic hydroxyl groups is 4. The number of carbonyl (C=O) groups is 1. The zero-order valence-corrected chi connectivity index (χ0v) is 22.5. The molecule has 2 aromatic rings. The van der Waals surface area contributed by atoms with E-state index in [-0.39, 0.29) is 36.9 Å². The van der Waals surface area contributed by atoms with E-state index >= 15 is 0 Å². The normalized spacial score (nSPS) is 31.7. The third-order valence-electron chi connectivity index (χ3n) is 6.90. The Balaban J connectivity index is 1.45. The highest BCUT2D eigenvalue weighted by atomic mass is 16.7. The zero-order valence-electron chi connectivity index (χ0n) is 22.5. The van der Waals surface area contributed by atoms with Crippen molar-refractivity contribution >= 4 is 12.0 Å². The van der Waals surface area contributed by atoms with Crippen LogP contribution in [0.3, 0.4) is 0 Å². The van der Waals surface area contributed by atoms with Crippen molar-refractivity contribution in [3.05, 3.63) is 53.6 Å². The highest BCUT2D eigenvalue weighted by molar-refractivity contribution is 5.87. The van der Waals surface area contributed by atoms with Crippen LogP contribution in [0.25, 0.3) is 6.08 Å². The molecule has 0 spiro atoms. The number of hydrogen-bond donors (Lipinski definition) is 8. The van der Waals surface area contributed by atoms with Crippen molar-refractivity contribution < 1.29 is 69.3 Å².